The number of benzene rings is 2. The normalized spacial score (nSPS) is 10.4. The summed E-state index contributed by atoms with van der Waals surface area (Å²) >= 11 is 5.77. The van der Waals surface area contributed by atoms with Crippen molar-refractivity contribution in [3.8, 4) is 11.5 Å². The van der Waals surface area contributed by atoms with Crippen LogP contribution in [0, 0.1) is 27.2 Å². The fraction of sp³-hybridized carbons (Fsp3) is 0.300. The number of aryl methyl sites for hydroxylation is 1. The van der Waals surface area contributed by atoms with E-state index in [-0.39, 0.29) is 43.9 Å². The Labute approximate surface area is 222 Å². The maximum absolute atomic E-state index is 12.3. The molecular weight excluding hydrogens is 648 g/mol. The first-order chi connectivity index (χ1) is 17.2. The van der Waals surface area contributed by atoms with Crippen LogP contribution in [0.1, 0.15) is 18.1 Å². The van der Waals surface area contributed by atoms with Crippen LogP contribution in [-0.4, -0.2) is 41.4 Å². The minimum atomic E-state index is -3.15. The molecule has 17 heteroatoms. The SMILES string of the molecule is CCOC(=O)C(=O)Cc1cc(OC(F)F)c(Br)cc1[N+](=O)[O-].Cc1cc(OC(F)F)c(Br)cc1[N+](=O)[O-]. The molecule has 0 atom stereocenters. The molecule has 0 bridgehead atoms. The summed E-state index contributed by atoms with van der Waals surface area (Å²) in [6, 6.07) is 4.15. The van der Waals surface area contributed by atoms with Crippen LogP contribution >= 0.6 is 31.9 Å². The molecule has 0 radical (unpaired) electrons. The molecule has 37 heavy (non-hydrogen) atoms. The van der Waals surface area contributed by atoms with Crippen molar-refractivity contribution in [3.05, 3.63) is 64.6 Å². The second kappa shape index (κ2) is 14.4. The van der Waals surface area contributed by atoms with Gasteiger partial charge in [-0.3, -0.25) is 25.0 Å². The molecule has 11 nitrogen and oxygen atoms in total. The quantitative estimate of drug-likeness (QED) is 0.0996. The summed E-state index contributed by atoms with van der Waals surface area (Å²) in [5.74, 6) is -2.69. The number of alkyl halides is 4. The van der Waals surface area contributed by atoms with Crippen LogP contribution in [0.3, 0.4) is 0 Å². The van der Waals surface area contributed by atoms with Gasteiger partial charge in [-0.2, -0.15) is 17.6 Å². The molecule has 0 spiro atoms. The monoisotopic (exact) mass is 662 g/mol. The van der Waals surface area contributed by atoms with E-state index in [4.69, 9.17) is 0 Å². The van der Waals surface area contributed by atoms with E-state index in [1.165, 1.54) is 19.9 Å². The molecule has 0 aliphatic heterocycles. The van der Waals surface area contributed by atoms with Gasteiger partial charge in [0.1, 0.15) is 11.5 Å². The lowest BCUT2D eigenvalue weighted by Gasteiger charge is -2.09. The van der Waals surface area contributed by atoms with Crippen LogP contribution < -0.4 is 9.47 Å². The largest absolute Gasteiger partial charge is 0.460 e. The van der Waals surface area contributed by atoms with E-state index >= 15 is 0 Å². The molecule has 2 aromatic carbocycles. The Hall–Kier alpha value is -3.34. The third-order valence-electron chi connectivity index (χ3n) is 4.06. The van der Waals surface area contributed by atoms with E-state index in [2.05, 4.69) is 46.1 Å². The zero-order valence-corrected chi connectivity index (χ0v) is 21.9. The number of rotatable bonds is 10. The van der Waals surface area contributed by atoms with Gasteiger partial charge in [0.2, 0.25) is 5.78 Å². The maximum Gasteiger partial charge on any atom is 0.387 e. The lowest BCUT2D eigenvalue weighted by molar-refractivity contribution is -0.385. The van der Waals surface area contributed by atoms with E-state index in [0.29, 0.717) is 0 Å². The van der Waals surface area contributed by atoms with Gasteiger partial charge < -0.3 is 14.2 Å². The number of halogens is 6. The minimum Gasteiger partial charge on any atom is -0.460 e. The van der Waals surface area contributed by atoms with Gasteiger partial charge in [-0.15, -0.1) is 0 Å². The van der Waals surface area contributed by atoms with Crippen molar-refractivity contribution in [1.29, 1.82) is 0 Å². The lowest BCUT2D eigenvalue weighted by Crippen LogP contribution is -2.20. The fourth-order valence-corrected chi connectivity index (χ4v) is 3.42. The predicted molar refractivity (Wildman–Crippen MR) is 125 cm³/mol. The number of hydrogen-bond acceptors (Lipinski definition) is 9. The van der Waals surface area contributed by atoms with E-state index in [1.807, 2.05) is 0 Å². The minimum absolute atomic E-state index is 0.0350. The Bertz CT molecular complexity index is 1180. The van der Waals surface area contributed by atoms with Crippen molar-refractivity contribution in [2.75, 3.05) is 6.61 Å². The van der Waals surface area contributed by atoms with E-state index in [9.17, 15) is 47.4 Å². The molecule has 0 heterocycles. The number of nitrogens with zero attached hydrogens (tertiary/aromatic N) is 2. The maximum atomic E-state index is 12.3. The first-order valence-corrected chi connectivity index (χ1v) is 11.3. The highest BCUT2D eigenvalue weighted by molar-refractivity contribution is 9.10. The molecule has 0 unspecified atom stereocenters. The molecule has 202 valence electrons. The highest BCUT2D eigenvalue weighted by atomic mass is 79.9. The van der Waals surface area contributed by atoms with Crippen LogP contribution in [0.4, 0.5) is 28.9 Å². The molecule has 2 aromatic rings. The number of nitro benzene ring substituents is 2. The van der Waals surface area contributed by atoms with Crippen LogP contribution in [0.5, 0.6) is 11.5 Å². The van der Waals surface area contributed by atoms with Crippen LogP contribution in [0.15, 0.2) is 33.2 Å². The summed E-state index contributed by atoms with van der Waals surface area (Å²) in [6.45, 7) is -3.20. The molecule has 0 saturated carbocycles. The molecule has 0 N–H and O–H groups in total. The first-order valence-electron chi connectivity index (χ1n) is 9.68. The number of Topliss-reactive ketones (excluding diaryl/α,β-unsaturated/α-hetero) is 1. The van der Waals surface area contributed by atoms with E-state index < -0.39 is 46.9 Å². The second-order valence-corrected chi connectivity index (χ2v) is 8.28. The summed E-state index contributed by atoms with van der Waals surface area (Å²) in [4.78, 5) is 42.9. The Morgan fingerprint density at radius 3 is 1.78 bits per heavy atom. The summed E-state index contributed by atoms with van der Waals surface area (Å²) in [6.07, 6.45) is -0.665. The number of hydrogen-bond donors (Lipinski definition) is 0. The van der Waals surface area contributed by atoms with Crippen molar-refractivity contribution in [1.82, 2.24) is 0 Å². The number of nitro groups is 2. The topological polar surface area (TPSA) is 148 Å². The first kappa shape index (κ1) is 31.7. The lowest BCUT2D eigenvalue weighted by atomic mass is 10.1. The predicted octanol–water partition coefficient (Wildman–Crippen LogP) is 5.90. The molecule has 0 fully saturated rings. The number of esters is 1. The standard InChI is InChI=1S/C12H10BrF2NO6.C8H6BrF2NO3/c1-2-21-11(18)9(17)3-6-4-10(22-12(14)15)7(13)5-8(6)16(19)20;1-4-2-7(15-8(10)11)5(9)3-6(4)12(13)14/h4-5,12H,2-3H2,1H3;2-3,8H,1H3. The van der Waals surface area contributed by atoms with Gasteiger partial charge in [-0.25, -0.2) is 4.79 Å². The summed E-state index contributed by atoms with van der Waals surface area (Å²) in [7, 11) is 0. The third kappa shape index (κ3) is 9.91. The van der Waals surface area contributed by atoms with Crippen molar-refractivity contribution in [3.63, 3.8) is 0 Å². The van der Waals surface area contributed by atoms with Gasteiger partial charge in [0, 0.05) is 29.7 Å². The Morgan fingerprint density at radius 2 is 1.35 bits per heavy atom. The van der Waals surface area contributed by atoms with E-state index in [0.717, 1.165) is 18.2 Å². The number of carbonyl (C=O) groups is 2. The molecule has 0 aromatic heterocycles. The van der Waals surface area contributed by atoms with E-state index in [1.54, 1.807) is 0 Å². The van der Waals surface area contributed by atoms with Gasteiger partial charge in [-0.1, -0.05) is 0 Å². The molecular formula is C20H16Br2F4N2O9. The number of ether oxygens (including phenoxy) is 3. The van der Waals surface area contributed by atoms with Crippen molar-refractivity contribution < 1.29 is 51.2 Å². The summed E-state index contributed by atoms with van der Waals surface area (Å²) < 4.78 is 61.2. The molecule has 0 aliphatic rings. The van der Waals surface area contributed by atoms with Crippen LogP contribution in [-0.2, 0) is 20.7 Å². The average molecular weight is 664 g/mol. The zero-order chi connectivity index (χ0) is 28.4. The Morgan fingerprint density at radius 1 is 0.892 bits per heavy atom. The molecule has 0 aliphatic carbocycles. The number of carbonyl (C=O) groups excluding carboxylic acids is 2. The average Bonchev–Trinajstić information content (AvgIpc) is 2.77. The highest BCUT2D eigenvalue weighted by Gasteiger charge is 2.25. The molecule has 0 saturated heterocycles. The molecule has 0 amide bonds. The zero-order valence-electron chi connectivity index (χ0n) is 18.7. The molecule has 2 rings (SSSR count). The highest BCUT2D eigenvalue weighted by Crippen LogP contribution is 2.35. The summed E-state index contributed by atoms with van der Waals surface area (Å²) in [5, 5.41) is 21.5. The van der Waals surface area contributed by atoms with Crippen molar-refractivity contribution in [2.24, 2.45) is 0 Å². The fourth-order valence-electron chi connectivity index (χ4n) is 2.57. The van der Waals surface area contributed by atoms with Crippen molar-refractivity contribution in [2.45, 2.75) is 33.5 Å². The number of ketones is 1. The van der Waals surface area contributed by atoms with Crippen molar-refractivity contribution >= 4 is 55.0 Å². The Balaban J connectivity index is 0.000000397. The summed E-state index contributed by atoms with van der Waals surface area (Å²) in [5.41, 5.74) is -0.629. The van der Waals surface area contributed by atoms with Crippen LogP contribution in [0.2, 0.25) is 0 Å². The van der Waals surface area contributed by atoms with Gasteiger partial charge in [0.25, 0.3) is 11.4 Å². The third-order valence-corrected chi connectivity index (χ3v) is 5.30. The van der Waals surface area contributed by atoms with Gasteiger partial charge >= 0.3 is 19.2 Å². The van der Waals surface area contributed by atoms with Gasteiger partial charge in [0.05, 0.1) is 25.4 Å². The van der Waals surface area contributed by atoms with Gasteiger partial charge in [0.15, 0.2) is 0 Å². The second-order valence-electron chi connectivity index (χ2n) is 6.57. The smallest absolute Gasteiger partial charge is 0.387 e. The Kier molecular flexibility index (Phi) is 12.3. The van der Waals surface area contributed by atoms with Gasteiger partial charge in [-0.05, 0) is 57.8 Å². The van der Waals surface area contributed by atoms with Crippen LogP contribution in [0.25, 0.3) is 0 Å².